The van der Waals surface area contributed by atoms with Gasteiger partial charge in [-0.3, -0.25) is 13.9 Å². The van der Waals surface area contributed by atoms with Crippen molar-refractivity contribution in [1.29, 1.82) is 0 Å². The zero-order valence-corrected chi connectivity index (χ0v) is 15.3. The maximum Gasteiger partial charge on any atom is 0.366 e. The van der Waals surface area contributed by atoms with Crippen molar-refractivity contribution in [3.05, 3.63) is 53.6 Å². The first-order valence-corrected chi connectivity index (χ1v) is 10.4. The monoisotopic (exact) mass is 422 g/mol. The summed E-state index contributed by atoms with van der Waals surface area (Å²) in [7, 11) is -9.61. The molecular formula is C16H10N2O8S2. The minimum absolute atomic E-state index is 0.0888. The third kappa shape index (κ3) is 2.54. The summed E-state index contributed by atoms with van der Waals surface area (Å²) in [5, 5.41) is 10.5. The zero-order chi connectivity index (χ0) is 20.4. The molecule has 0 unspecified atom stereocenters. The Morgan fingerprint density at radius 2 is 1.61 bits per heavy atom. The number of hydrogen-bond donors (Lipinski definition) is 3. The number of nitrogens with zero attached hydrogens (tertiary/aromatic N) is 2. The molecule has 1 aromatic heterocycles. The van der Waals surface area contributed by atoms with Gasteiger partial charge in [0, 0.05) is 5.39 Å². The Bertz CT molecular complexity index is 1430. The Kier molecular flexibility index (Phi) is 3.74. The minimum Gasteiger partial charge on any atom is -0.493 e. The van der Waals surface area contributed by atoms with Gasteiger partial charge < -0.3 is 5.11 Å². The third-order valence-electron chi connectivity index (χ3n) is 4.24. The highest BCUT2D eigenvalue weighted by Crippen LogP contribution is 2.40. The lowest BCUT2D eigenvalue weighted by Crippen LogP contribution is -2.13. The SMILES string of the molecule is O=C1C(c2c(O)n(S(=O)(=O)O)c3ccccc23)=Nc2c1cccc2S(=O)(=O)O. The lowest BCUT2D eigenvalue weighted by atomic mass is 10.0. The van der Waals surface area contributed by atoms with Crippen molar-refractivity contribution in [1.82, 2.24) is 3.97 Å². The Morgan fingerprint density at radius 3 is 2.25 bits per heavy atom. The van der Waals surface area contributed by atoms with Crippen LogP contribution in [0.25, 0.3) is 10.9 Å². The van der Waals surface area contributed by atoms with E-state index in [2.05, 4.69) is 4.99 Å². The molecule has 0 bridgehead atoms. The van der Waals surface area contributed by atoms with Crippen LogP contribution in [0.5, 0.6) is 5.88 Å². The maximum atomic E-state index is 12.8. The molecule has 144 valence electrons. The molecule has 0 aliphatic carbocycles. The number of fused-ring (bicyclic) bond motifs is 2. The second-order valence-electron chi connectivity index (χ2n) is 5.87. The van der Waals surface area contributed by atoms with E-state index in [0.717, 1.165) is 6.07 Å². The van der Waals surface area contributed by atoms with E-state index in [9.17, 15) is 35.8 Å². The van der Waals surface area contributed by atoms with Crippen molar-refractivity contribution in [3.8, 4) is 5.88 Å². The van der Waals surface area contributed by atoms with Gasteiger partial charge >= 0.3 is 10.3 Å². The molecule has 0 spiro atoms. The average Bonchev–Trinajstić information content (AvgIpc) is 3.07. The second kappa shape index (κ2) is 5.72. The van der Waals surface area contributed by atoms with E-state index in [1.807, 2.05) is 0 Å². The van der Waals surface area contributed by atoms with Gasteiger partial charge in [0.2, 0.25) is 11.7 Å². The fourth-order valence-corrected chi connectivity index (χ4v) is 4.52. The highest BCUT2D eigenvalue weighted by atomic mass is 32.2. The van der Waals surface area contributed by atoms with Crippen molar-refractivity contribution in [3.63, 3.8) is 0 Å². The van der Waals surface area contributed by atoms with Crippen LogP contribution in [0, 0.1) is 0 Å². The molecule has 1 aliphatic heterocycles. The van der Waals surface area contributed by atoms with Crippen LogP contribution in [-0.2, 0) is 20.4 Å². The third-order valence-corrected chi connectivity index (χ3v) is 5.95. The van der Waals surface area contributed by atoms with E-state index in [-0.39, 0.29) is 31.7 Å². The molecule has 12 heteroatoms. The quantitative estimate of drug-likeness (QED) is 0.535. The molecule has 0 saturated heterocycles. The summed E-state index contributed by atoms with van der Waals surface area (Å²) < 4.78 is 65.6. The van der Waals surface area contributed by atoms with Gasteiger partial charge in [-0.25, -0.2) is 4.99 Å². The van der Waals surface area contributed by atoms with Crippen LogP contribution in [0.2, 0.25) is 0 Å². The van der Waals surface area contributed by atoms with Crippen LogP contribution in [0.1, 0.15) is 15.9 Å². The molecule has 1 aliphatic rings. The van der Waals surface area contributed by atoms with Crippen molar-refractivity contribution >= 4 is 48.5 Å². The molecule has 2 heterocycles. The van der Waals surface area contributed by atoms with Crippen LogP contribution in [0.4, 0.5) is 5.69 Å². The van der Waals surface area contributed by atoms with Gasteiger partial charge in [0.05, 0.1) is 22.3 Å². The molecule has 3 N–H and O–H groups in total. The van der Waals surface area contributed by atoms with Crippen molar-refractivity contribution in [2.45, 2.75) is 4.90 Å². The Hall–Kier alpha value is -3.06. The topological polar surface area (TPSA) is 163 Å². The van der Waals surface area contributed by atoms with Gasteiger partial charge in [0.15, 0.2) is 0 Å². The summed E-state index contributed by atoms with van der Waals surface area (Å²) in [6, 6.07) is 9.22. The number of carbonyl (C=O) groups excluding carboxylic acids is 1. The Morgan fingerprint density at radius 1 is 0.929 bits per heavy atom. The maximum absolute atomic E-state index is 12.8. The molecule has 0 radical (unpaired) electrons. The second-order valence-corrected chi connectivity index (χ2v) is 8.53. The number of ketones is 1. The van der Waals surface area contributed by atoms with E-state index >= 15 is 0 Å². The molecule has 2 aromatic carbocycles. The molecule has 0 atom stereocenters. The zero-order valence-electron chi connectivity index (χ0n) is 13.6. The summed E-state index contributed by atoms with van der Waals surface area (Å²) >= 11 is 0. The fourth-order valence-electron chi connectivity index (χ4n) is 3.15. The first-order chi connectivity index (χ1) is 13.0. The lowest BCUT2D eigenvalue weighted by Gasteiger charge is -2.02. The number of para-hydroxylation sites is 2. The van der Waals surface area contributed by atoms with Gasteiger partial charge in [0.1, 0.15) is 10.6 Å². The largest absolute Gasteiger partial charge is 0.493 e. The van der Waals surface area contributed by atoms with Crippen molar-refractivity contribution in [2.75, 3.05) is 0 Å². The van der Waals surface area contributed by atoms with E-state index in [4.69, 9.17) is 0 Å². The Labute approximate surface area is 158 Å². The first kappa shape index (κ1) is 18.3. The highest BCUT2D eigenvalue weighted by molar-refractivity contribution is 7.86. The minimum atomic E-state index is -4.92. The molecule has 3 aromatic rings. The van der Waals surface area contributed by atoms with Crippen molar-refractivity contribution < 1.29 is 35.8 Å². The predicted molar refractivity (Wildman–Crippen MR) is 97.3 cm³/mol. The molecule has 0 amide bonds. The van der Waals surface area contributed by atoms with E-state index in [1.54, 1.807) is 0 Å². The van der Waals surface area contributed by atoms with E-state index in [1.165, 1.54) is 36.4 Å². The number of Topliss-reactive ketones (excluding diaryl/α,β-unsaturated/α-hetero) is 1. The number of aromatic nitrogens is 1. The van der Waals surface area contributed by atoms with Gasteiger partial charge in [-0.2, -0.15) is 20.8 Å². The smallest absolute Gasteiger partial charge is 0.366 e. The number of hydrogen-bond acceptors (Lipinski definition) is 7. The van der Waals surface area contributed by atoms with Gasteiger partial charge in [0.25, 0.3) is 10.1 Å². The highest BCUT2D eigenvalue weighted by Gasteiger charge is 2.35. The van der Waals surface area contributed by atoms with Gasteiger partial charge in [-0.1, -0.05) is 24.3 Å². The number of aliphatic imine (C=N–C) groups is 1. The number of carbonyl (C=O) groups is 1. The lowest BCUT2D eigenvalue weighted by molar-refractivity contribution is 0.107. The number of rotatable bonds is 3. The summed E-state index contributed by atoms with van der Waals surface area (Å²) in [4.78, 5) is 16.1. The standard InChI is InChI=1S/C16H10N2O8S2/c19-15-9-5-3-7-11(27(21,22)23)13(9)17-14(15)12-8-4-1-2-6-10(8)18(16(12)20)28(24,25)26/h1-7,20H,(H,21,22,23)(H,24,25,26). The molecule has 0 saturated carbocycles. The fraction of sp³-hybridized carbons (Fsp3) is 0. The molecule has 0 fully saturated rings. The summed E-state index contributed by atoms with van der Waals surface area (Å²) in [6.07, 6.45) is 0. The normalized spacial score (nSPS) is 14.4. The van der Waals surface area contributed by atoms with Crippen LogP contribution < -0.4 is 0 Å². The molecule has 10 nitrogen and oxygen atoms in total. The van der Waals surface area contributed by atoms with E-state index < -0.39 is 42.7 Å². The van der Waals surface area contributed by atoms with Crippen LogP contribution in [0.3, 0.4) is 0 Å². The summed E-state index contributed by atoms with van der Waals surface area (Å²) in [5.74, 6) is -1.74. The molecule has 4 rings (SSSR count). The Balaban J connectivity index is 2.08. The predicted octanol–water partition coefficient (Wildman–Crippen LogP) is 1.56. The number of aromatic hydroxyl groups is 1. The average molecular weight is 422 g/mol. The van der Waals surface area contributed by atoms with Gasteiger partial charge in [-0.15, -0.1) is 0 Å². The molecular weight excluding hydrogens is 412 g/mol. The summed E-state index contributed by atoms with van der Waals surface area (Å²) in [6.45, 7) is 0. The van der Waals surface area contributed by atoms with Crippen LogP contribution in [-0.4, -0.2) is 46.5 Å². The van der Waals surface area contributed by atoms with Crippen LogP contribution >= 0.6 is 0 Å². The summed E-state index contributed by atoms with van der Waals surface area (Å²) in [5.41, 5.74) is -1.31. The van der Waals surface area contributed by atoms with Gasteiger partial charge in [-0.05, 0) is 18.2 Å². The van der Waals surface area contributed by atoms with E-state index in [0.29, 0.717) is 0 Å². The number of benzene rings is 2. The first-order valence-electron chi connectivity index (χ1n) is 7.56. The van der Waals surface area contributed by atoms with Crippen molar-refractivity contribution in [2.24, 2.45) is 4.99 Å². The van der Waals surface area contributed by atoms with Crippen LogP contribution in [0.15, 0.2) is 52.4 Å². The molecule has 28 heavy (non-hydrogen) atoms.